The van der Waals surface area contributed by atoms with E-state index in [9.17, 15) is 4.79 Å². The number of amides is 1. The number of hydrogen-bond acceptors (Lipinski definition) is 4. The number of carbonyl (C=O) groups excluding carboxylic acids is 1. The first-order chi connectivity index (χ1) is 14.1. The van der Waals surface area contributed by atoms with Crippen LogP contribution in [-0.2, 0) is 4.79 Å². The molecule has 0 unspecified atom stereocenters. The van der Waals surface area contributed by atoms with Gasteiger partial charge in [0.2, 0.25) is 5.91 Å². The lowest BCUT2D eigenvalue weighted by Gasteiger charge is -2.09. The van der Waals surface area contributed by atoms with Crippen molar-refractivity contribution in [3.05, 3.63) is 83.5 Å². The van der Waals surface area contributed by atoms with Crippen molar-refractivity contribution in [3.8, 4) is 11.3 Å². The lowest BCUT2D eigenvalue weighted by atomic mass is 10.1. The Morgan fingerprint density at radius 1 is 1.00 bits per heavy atom. The minimum atomic E-state index is -0.0931. The summed E-state index contributed by atoms with van der Waals surface area (Å²) in [6.45, 7) is 1.92. The molecule has 0 aliphatic rings. The number of aromatic nitrogens is 2. The molecule has 0 aliphatic heterocycles. The third-order valence-electron chi connectivity index (χ3n) is 4.37. The molecular weight excluding hydrogens is 402 g/mol. The summed E-state index contributed by atoms with van der Waals surface area (Å²) in [6, 6.07) is 23.3. The Kier molecular flexibility index (Phi) is 5.79. The molecule has 4 nitrogen and oxygen atoms in total. The third-order valence-corrected chi connectivity index (χ3v) is 5.47. The van der Waals surface area contributed by atoms with Crippen molar-refractivity contribution in [2.75, 3.05) is 11.1 Å². The average molecular weight is 420 g/mol. The van der Waals surface area contributed by atoms with Gasteiger partial charge in [0, 0.05) is 27.4 Å². The van der Waals surface area contributed by atoms with Gasteiger partial charge in [0.05, 0.1) is 11.4 Å². The third kappa shape index (κ3) is 4.75. The number of benzene rings is 3. The summed E-state index contributed by atoms with van der Waals surface area (Å²) in [5.41, 5.74) is 3.43. The maximum atomic E-state index is 12.5. The highest BCUT2D eigenvalue weighted by molar-refractivity contribution is 7.99. The zero-order chi connectivity index (χ0) is 20.2. The normalized spacial score (nSPS) is 10.8. The molecule has 1 N–H and O–H groups in total. The fourth-order valence-corrected chi connectivity index (χ4v) is 3.85. The molecule has 0 saturated heterocycles. The van der Waals surface area contributed by atoms with Gasteiger partial charge < -0.3 is 5.32 Å². The molecule has 144 valence electrons. The van der Waals surface area contributed by atoms with Gasteiger partial charge in [-0.2, -0.15) is 0 Å². The van der Waals surface area contributed by atoms with Gasteiger partial charge in [-0.1, -0.05) is 71.9 Å². The van der Waals surface area contributed by atoms with Gasteiger partial charge in [-0.05, 0) is 36.6 Å². The number of thioether (sulfide) groups is 1. The number of nitrogens with one attached hydrogen (secondary N) is 1. The molecule has 0 fully saturated rings. The monoisotopic (exact) mass is 419 g/mol. The fourth-order valence-electron chi connectivity index (χ4n) is 3.03. The summed E-state index contributed by atoms with van der Waals surface area (Å²) in [7, 11) is 0. The molecule has 0 bridgehead atoms. The molecule has 1 aromatic heterocycles. The molecular formula is C23H18ClN3OS. The first-order valence-electron chi connectivity index (χ1n) is 9.10. The molecule has 0 aliphatic carbocycles. The fraction of sp³-hybridized carbons (Fsp3) is 0.0870. The maximum absolute atomic E-state index is 12.5. The van der Waals surface area contributed by atoms with Crippen molar-refractivity contribution in [2.24, 2.45) is 0 Å². The molecule has 4 aromatic rings. The first-order valence-corrected chi connectivity index (χ1v) is 10.5. The Balaban J connectivity index is 1.47. The van der Waals surface area contributed by atoms with E-state index in [0.29, 0.717) is 10.2 Å². The maximum Gasteiger partial charge on any atom is 0.234 e. The standard InChI is InChI=1S/C23H18ClN3OS/c1-15-13-21(17-9-11-18(24)12-10-17)27-23(25-15)29-14-22(28)26-20-8-4-6-16-5-2-3-7-19(16)20/h2-13H,14H2,1H3,(H,26,28). The highest BCUT2D eigenvalue weighted by atomic mass is 35.5. The molecule has 6 heteroatoms. The van der Waals surface area contributed by atoms with Gasteiger partial charge in [-0.15, -0.1) is 0 Å². The summed E-state index contributed by atoms with van der Waals surface area (Å²) < 4.78 is 0. The molecule has 0 saturated carbocycles. The Bertz CT molecular complexity index is 1170. The Hall–Kier alpha value is -2.89. The van der Waals surface area contributed by atoms with E-state index in [-0.39, 0.29) is 11.7 Å². The minimum Gasteiger partial charge on any atom is -0.325 e. The van der Waals surface area contributed by atoms with Gasteiger partial charge in [0.25, 0.3) is 0 Å². The van der Waals surface area contributed by atoms with E-state index in [2.05, 4.69) is 15.3 Å². The van der Waals surface area contributed by atoms with Crippen LogP contribution in [0.5, 0.6) is 0 Å². The van der Waals surface area contributed by atoms with Crippen LogP contribution < -0.4 is 5.32 Å². The van der Waals surface area contributed by atoms with E-state index in [1.54, 1.807) is 0 Å². The van der Waals surface area contributed by atoms with Crippen LogP contribution in [0.4, 0.5) is 5.69 Å². The van der Waals surface area contributed by atoms with Crippen LogP contribution in [0.3, 0.4) is 0 Å². The van der Waals surface area contributed by atoms with Crippen molar-refractivity contribution in [2.45, 2.75) is 12.1 Å². The van der Waals surface area contributed by atoms with Gasteiger partial charge in [0.15, 0.2) is 5.16 Å². The van der Waals surface area contributed by atoms with Crippen LogP contribution in [0.25, 0.3) is 22.0 Å². The number of nitrogens with zero attached hydrogens (tertiary/aromatic N) is 2. The van der Waals surface area contributed by atoms with Crippen molar-refractivity contribution in [1.29, 1.82) is 0 Å². The molecule has 4 rings (SSSR count). The Morgan fingerprint density at radius 2 is 1.76 bits per heavy atom. The Morgan fingerprint density at radius 3 is 2.59 bits per heavy atom. The number of aryl methyl sites for hydroxylation is 1. The lowest BCUT2D eigenvalue weighted by molar-refractivity contribution is -0.113. The largest absolute Gasteiger partial charge is 0.325 e. The zero-order valence-electron chi connectivity index (χ0n) is 15.7. The van der Waals surface area contributed by atoms with Crippen LogP contribution in [0.2, 0.25) is 5.02 Å². The van der Waals surface area contributed by atoms with Crippen LogP contribution in [0.15, 0.2) is 78.0 Å². The quantitative estimate of drug-likeness (QED) is 0.319. The number of hydrogen-bond donors (Lipinski definition) is 1. The number of halogens is 1. The SMILES string of the molecule is Cc1cc(-c2ccc(Cl)cc2)nc(SCC(=O)Nc2cccc3ccccc23)n1. The molecule has 1 amide bonds. The lowest BCUT2D eigenvalue weighted by Crippen LogP contribution is -2.14. The van der Waals surface area contributed by atoms with Crippen LogP contribution >= 0.6 is 23.4 Å². The summed E-state index contributed by atoms with van der Waals surface area (Å²) in [5, 5.41) is 6.35. The molecule has 1 heterocycles. The second kappa shape index (κ2) is 8.64. The van der Waals surface area contributed by atoms with E-state index in [0.717, 1.165) is 33.4 Å². The zero-order valence-corrected chi connectivity index (χ0v) is 17.3. The Labute approximate surface area is 178 Å². The second-order valence-corrected chi connectivity index (χ2v) is 7.93. The summed E-state index contributed by atoms with van der Waals surface area (Å²) in [4.78, 5) is 21.5. The smallest absolute Gasteiger partial charge is 0.234 e. The van der Waals surface area contributed by atoms with Crippen molar-refractivity contribution < 1.29 is 4.79 Å². The summed E-state index contributed by atoms with van der Waals surface area (Å²) >= 11 is 7.29. The van der Waals surface area contributed by atoms with Crippen molar-refractivity contribution >= 4 is 45.7 Å². The highest BCUT2D eigenvalue weighted by Crippen LogP contribution is 2.25. The molecule has 29 heavy (non-hydrogen) atoms. The number of rotatable bonds is 5. The van der Waals surface area contributed by atoms with Crippen LogP contribution in [0, 0.1) is 6.92 Å². The van der Waals surface area contributed by atoms with Gasteiger partial charge in [-0.3, -0.25) is 4.79 Å². The molecule has 0 atom stereocenters. The van der Waals surface area contributed by atoms with E-state index in [1.165, 1.54) is 11.8 Å². The summed E-state index contributed by atoms with van der Waals surface area (Å²) in [6.07, 6.45) is 0. The van der Waals surface area contributed by atoms with Crippen LogP contribution in [-0.4, -0.2) is 21.6 Å². The highest BCUT2D eigenvalue weighted by Gasteiger charge is 2.10. The van der Waals surface area contributed by atoms with E-state index < -0.39 is 0 Å². The van der Waals surface area contributed by atoms with Crippen LogP contribution in [0.1, 0.15) is 5.69 Å². The predicted molar refractivity (Wildman–Crippen MR) is 121 cm³/mol. The topological polar surface area (TPSA) is 54.9 Å². The first kappa shape index (κ1) is 19.4. The van der Waals surface area contributed by atoms with E-state index in [1.807, 2.05) is 79.7 Å². The number of carbonyl (C=O) groups is 1. The summed E-state index contributed by atoms with van der Waals surface area (Å²) in [5.74, 6) is 0.136. The number of anilines is 1. The number of fused-ring (bicyclic) bond motifs is 1. The van der Waals surface area contributed by atoms with E-state index >= 15 is 0 Å². The molecule has 0 radical (unpaired) electrons. The molecule has 0 spiro atoms. The predicted octanol–water partition coefficient (Wildman–Crippen LogP) is 5.99. The average Bonchev–Trinajstić information content (AvgIpc) is 2.73. The van der Waals surface area contributed by atoms with Crippen molar-refractivity contribution in [3.63, 3.8) is 0 Å². The van der Waals surface area contributed by atoms with Gasteiger partial charge in [0.1, 0.15) is 0 Å². The second-order valence-electron chi connectivity index (χ2n) is 6.55. The molecule has 3 aromatic carbocycles. The minimum absolute atomic E-state index is 0.0931. The van der Waals surface area contributed by atoms with Crippen molar-refractivity contribution in [1.82, 2.24) is 9.97 Å². The van der Waals surface area contributed by atoms with Gasteiger partial charge >= 0.3 is 0 Å². The van der Waals surface area contributed by atoms with Gasteiger partial charge in [-0.25, -0.2) is 9.97 Å². The van der Waals surface area contributed by atoms with E-state index in [4.69, 9.17) is 11.6 Å².